The first kappa shape index (κ1) is 18.4. The van der Waals surface area contributed by atoms with Crippen LogP contribution in [0.4, 0.5) is 10.5 Å². The highest BCUT2D eigenvalue weighted by Crippen LogP contribution is 2.12. The molecule has 3 amide bonds. The van der Waals surface area contributed by atoms with Crippen LogP contribution in [0.5, 0.6) is 0 Å². The van der Waals surface area contributed by atoms with E-state index >= 15 is 0 Å². The largest absolute Gasteiger partial charge is 0.350 e. The van der Waals surface area contributed by atoms with Crippen LogP contribution in [0.15, 0.2) is 59.5 Å². The molecule has 0 unspecified atom stereocenters. The maximum atomic E-state index is 11.8. The van der Waals surface area contributed by atoms with E-state index in [1.165, 1.54) is 24.3 Å². The van der Waals surface area contributed by atoms with Crippen LogP contribution in [0.2, 0.25) is 0 Å². The van der Waals surface area contributed by atoms with Gasteiger partial charge in [0.25, 0.3) is 5.91 Å². The number of hydrogen-bond donors (Lipinski definition) is 4. The Morgan fingerprint density at radius 2 is 1.48 bits per heavy atom. The Bertz CT molecular complexity index is 836. The lowest BCUT2D eigenvalue weighted by Crippen LogP contribution is -2.36. The normalized spacial score (nSPS) is 10.8. The lowest BCUT2D eigenvalue weighted by molar-refractivity contribution is 0.0954. The van der Waals surface area contributed by atoms with Crippen molar-refractivity contribution < 1.29 is 18.0 Å². The minimum Gasteiger partial charge on any atom is -0.350 e. The van der Waals surface area contributed by atoms with E-state index in [-0.39, 0.29) is 23.9 Å². The predicted molar refractivity (Wildman–Crippen MR) is 93.6 cm³/mol. The summed E-state index contributed by atoms with van der Waals surface area (Å²) in [5.74, 6) is -0.221. The van der Waals surface area contributed by atoms with Crippen molar-refractivity contribution in [1.82, 2.24) is 10.6 Å². The first-order valence-electron chi connectivity index (χ1n) is 7.37. The van der Waals surface area contributed by atoms with Crippen molar-refractivity contribution in [2.24, 2.45) is 5.14 Å². The van der Waals surface area contributed by atoms with Gasteiger partial charge in [-0.2, -0.15) is 0 Å². The Labute approximate surface area is 145 Å². The summed E-state index contributed by atoms with van der Waals surface area (Å²) < 4.78 is 22.3. The molecule has 0 aromatic heterocycles. The SMILES string of the molecule is NS(=O)(=O)c1ccc(NC(=O)NCCNC(=O)c2ccccc2)cc1. The zero-order chi connectivity index (χ0) is 18.3. The monoisotopic (exact) mass is 362 g/mol. The third-order valence-electron chi connectivity index (χ3n) is 3.17. The van der Waals surface area contributed by atoms with E-state index in [1.54, 1.807) is 24.3 Å². The number of urea groups is 1. The summed E-state index contributed by atoms with van der Waals surface area (Å²) in [5, 5.41) is 12.8. The van der Waals surface area contributed by atoms with Crippen LogP contribution in [-0.2, 0) is 10.0 Å². The number of rotatable bonds is 6. The number of hydrogen-bond acceptors (Lipinski definition) is 4. The van der Waals surface area contributed by atoms with Crippen LogP contribution in [0.3, 0.4) is 0 Å². The lowest BCUT2D eigenvalue weighted by Gasteiger charge is -2.09. The minimum atomic E-state index is -3.77. The number of carbonyl (C=O) groups is 2. The molecule has 0 aliphatic carbocycles. The molecule has 0 atom stereocenters. The first-order chi connectivity index (χ1) is 11.9. The smallest absolute Gasteiger partial charge is 0.319 e. The van der Waals surface area contributed by atoms with Gasteiger partial charge in [0.05, 0.1) is 4.90 Å². The van der Waals surface area contributed by atoms with Gasteiger partial charge in [-0.25, -0.2) is 18.4 Å². The summed E-state index contributed by atoms with van der Waals surface area (Å²) in [4.78, 5) is 23.5. The molecular weight excluding hydrogens is 344 g/mol. The second-order valence-electron chi connectivity index (χ2n) is 5.07. The van der Waals surface area contributed by atoms with E-state index in [1.807, 2.05) is 6.07 Å². The van der Waals surface area contributed by atoms with Gasteiger partial charge in [-0.1, -0.05) is 18.2 Å². The standard InChI is InChI=1S/C16H18N4O4S/c17-25(23,24)14-8-6-13(7-9-14)20-16(22)19-11-10-18-15(21)12-4-2-1-3-5-12/h1-9H,10-11H2,(H,18,21)(H2,17,23,24)(H2,19,20,22). The van der Waals surface area contributed by atoms with E-state index in [0.29, 0.717) is 11.3 Å². The molecule has 0 saturated heterocycles. The van der Waals surface area contributed by atoms with E-state index in [2.05, 4.69) is 16.0 Å². The van der Waals surface area contributed by atoms with Gasteiger partial charge in [-0.05, 0) is 36.4 Å². The highest BCUT2D eigenvalue weighted by Gasteiger charge is 2.08. The number of anilines is 1. The molecule has 2 rings (SSSR count). The van der Waals surface area contributed by atoms with E-state index in [4.69, 9.17) is 5.14 Å². The quantitative estimate of drug-likeness (QED) is 0.568. The number of benzene rings is 2. The summed E-state index contributed by atoms with van der Waals surface area (Å²) in [5.41, 5.74) is 0.958. The van der Waals surface area contributed by atoms with Crippen LogP contribution >= 0.6 is 0 Å². The minimum absolute atomic E-state index is 0.0397. The van der Waals surface area contributed by atoms with Crippen molar-refractivity contribution in [3.63, 3.8) is 0 Å². The Morgan fingerprint density at radius 1 is 0.880 bits per heavy atom. The van der Waals surface area contributed by atoms with Crippen LogP contribution in [0.25, 0.3) is 0 Å². The van der Waals surface area contributed by atoms with Gasteiger partial charge < -0.3 is 16.0 Å². The molecule has 0 fully saturated rings. The van der Waals surface area contributed by atoms with Gasteiger partial charge in [0, 0.05) is 24.3 Å². The van der Waals surface area contributed by atoms with Gasteiger partial charge in [0.2, 0.25) is 10.0 Å². The third kappa shape index (κ3) is 5.90. The number of primary sulfonamides is 1. The van der Waals surface area contributed by atoms with Crippen molar-refractivity contribution in [1.29, 1.82) is 0 Å². The zero-order valence-electron chi connectivity index (χ0n) is 13.2. The molecule has 8 nitrogen and oxygen atoms in total. The molecule has 0 bridgehead atoms. The van der Waals surface area contributed by atoms with Gasteiger partial charge in [-0.15, -0.1) is 0 Å². The van der Waals surface area contributed by atoms with Crippen LogP contribution in [0.1, 0.15) is 10.4 Å². The van der Waals surface area contributed by atoms with Crippen molar-refractivity contribution in [3.05, 3.63) is 60.2 Å². The molecule has 0 heterocycles. The van der Waals surface area contributed by atoms with E-state index in [0.717, 1.165) is 0 Å². The second-order valence-corrected chi connectivity index (χ2v) is 6.63. The fraction of sp³-hybridized carbons (Fsp3) is 0.125. The molecule has 25 heavy (non-hydrogen) atoms. The average molecular weight is 362 g/mol. The molecule has 0 radical (unpaired) electrons. The summed E-state index contributed by atoms with van der Waals surface area (Å²) >= 11 is 0. The maximum Gasteiger partial charge on any atom is 0.319 e. The van der Waals surface area contributed by atoms with Crippen molar-refractivity contribution in [2.75, 3.05) is 18.4 Å². The summed E-state index contributed by atoms with van der Waals surface area (Å²) in [6, 6.07) is 13.7. The van der Waals surface area contributed by atoms with Gasteiger partial charge in [-0.3, -0.25) is 4.79 Å². The molecule has 0 spiro atoms. The first-order valence-corrected chi connectivity index (χ1v) is 8.92. The van der Waals surface area contributed by atoms with Gasteiger partial charge >= 0.3 is 6.03 Å². The number of nitrogens with two attached hydrogens (primary N) is 1. The number of carbonyl (C=O) groups excluding carboxylic acids is 2. The highest BCUT2D eigenvalue weighted by atomic mass is 32.2. The molecule has 2 aromatic rings. The van der Waals surface area contributed by atoms with E-state index < -0.39 is 16.1 Å². The molecule has 0 aliphatic rings. The summed E-state index contributed by atoms with van der Waals surface area (Å²) in [6.45, 7) is 0.505. The van der Waals surface area contributed by atoms with Crippen molar-refractivity contribution in [3.8, 4) is 0 Å². The molecule has 0 aliphatic heterocycles. The number of nitrogens with one attached hydrogen (secondary N) is 3. The Kier molecular flexibility index (Phi) is 6.09. The molecule has 9 heteroatoms. The number of amides is 3. The Balaban J connectivity index is 1.73. The molecule has 5 N–H and O–H groups in total. The second kappa shape index (κ2) is 8.27. The lowest BCUT2D eigenvalue weighted by atomic mass is 10.2. The topological polar surface area (TPSA) is 130 Å². The Hall–Kier alpha value is -2.91. The van der Waals surface area contributed by atoms with Crippen LogP contribution in [-0.4, -0.2) is 33.4 Å². The average Bonchev–Trinajstić information content (AvgIpc) is 2.59. The fourth-order valence-corrected chi connectivity index (χ4v) is 2.46. The molecule has 132 valence electrons. The fourth-order valence-electron chi connectivity index (χ4n) is 1.95. The molecular formula is C16H18N4O4S. The molecule has 0 saturated carbocycles. The summed E-state index contributed by atoms with van der Waals surface area (Å²) in [6.07, 6.45) is 0. The van der Waals surface area contributed by atoms with Crippen molar-refractivity contribution in [2.45, 2.75) is 4.90 Å². The van der Waals surface area contributed by atoms with Gasteiger partial charge in [0.1, 0.15) is 0 Å². The van der Waals surface area contributed by atoms with E-state index in [9.17, 15) is 18.0 Å². The van der Waals surface area contributed by atoms with Gasteiger partial charge in [0.15, 0.2) is 0 Å². The third-order valence-corrected chi connectivity index (χ3v) is 4.10. The van der Waals surface area contributed by atoms with Crippen LogP contribution in [0, 0.1) is 0 Å². The molecule has 2 aromatic carbocycles. The van der Waals surface area contributed by atoms with Crippen molar-refractivity contribution >= 4 is 27.6 Å². The highest BCUT2D eigenvalue weighted by molar-refractivity contribution is 7.89. The summed E-state index contributed by atoms with van der Waals surface area (Å²) in [7, 11) is -3.77. The maximum absolute atomic E-state index is 11.8. The number of sulfonamides is 1. The predicted octanol–water partition coefficient (Wildman–Crippen LogP) is 0.886. The Morgan fingerprint density at radius 3 is 2.08 bits per heavy atom. The van der Waals surface area contributed by atoms with Crippen LogP contribution < -0.4 is 21.1 Å². The zero-order valence-corrected chi connectivity index (χ0v) is 14.0.